The summed E-state index contributed by atoms with van der Waals surface area (Å²) in [5.41, 5.74) is 6.59. The van der Waals surface area contributed by atoms with E-state index in [2.05, 4.69) is 37.0 Å². The van der Waals surface area contributed by atoms with Crippen molar-refractivity contribution in [3.05, 3.63) is 54.1 Å². The van der Waals surface area contributed by atoms with Crippen LogP contribution in [0.1, 0.15) is 5.82 Å². The molecule has 128 valence electrons. The summed E-state index contributed by atoms with van der Waals surface area (Å²) in [4.78, 5) is 12.6. The number of allylic oxidation sites excluding steroid dienone is 1. The van der Waals surface area contributed by atoms with Crippen LogP contribution in [0.25, 0.3) is 0 Å². The maximum atomic E-state index is 5.88. The van der Waals surface area contributed by atoms with Gasteiger partial charge >= 0.3 is 0 Å². The summed E-state index contributed by atoms with van der Waals surface area (Å²) < 4.78 is 1.88. The van der Waals surface area contributed by atoms with E-state index in [0.717, 1.165) is 10.8 Å². The van der Waals surface area contributed by atoms with E-state index in [0.29, 0.717) is 29.1 Å². The second-order valence-electron chi connectivity index (χ2n) is 4.91. The van der Waals surface area contributed by atoms with E-state index in [-0.39, 0.29) is 5.95 Å². The normalized spacial score (nSPS) is 10.6. The molecular formula is C15H15ClN8S. The highest BCUT2D eigenvalue weighted by Crippen LogP contribution is 2.21. The molecule has 2 heterocycles. The van der Waals surface area contributed by atoms with Crippen LogP contribution in [0.4, 0.5) is 17.6 Å². The molecule has 3 N–H and O–H groups in total. The standard InChI is InChI=1S/C15H15ClN8S/c1-2-7-24-9-18-23-15(24)25-8-12-20-13(17)22-14(21-12)19-11-5-3-10(16)4-6-11/h2-6,9H,1,7-8H2,(H3,17,19,20,21,22). The smallest absolute Gasteiger partial charge is 0.232 e. The minimum Gasteiger partial charge on any atom is -0.368 e. The number of anilines is 3. The molecule has 0 amide bonds. The van der Waals surface area contributed by atoms with Crippen molar-refractivity contribution < 1.29 is 0 Å². The summed E-state index contributed by atoms with van der Waals surface area (Å²) in [6, 6.07) is 7.21. The van der Waals surface area contributed by atoms with Gasteiger partial charge in [0.05, 0.1) is 5.75 Å². The first-order valence-electron chi connectivity index (χ1n) is 7.28. The Morgan fingerprint density at radius 3 is 2.80 bits per heavy atom. The molecule has 0 spiro atoms. The van der Waals surface area contributed by atoms with Gasteiger partial charge < -0.3 is 15.6 Å². The lowest BCUT2D eigenvalue weighted by molar-refractivity contribution is 0.724. The predicted octanol–water partition coefficient (Wildman–Crippen LogP) is 2.92. The van der Waals surface area contributed by atoms with Crippen LogP contribution in [0.5, 0.6) is 0 Å². The highest BCUT2D eigenvalue weighted by Gasteiger charge is 2.09. The second kappa shape index (κ2) is 7.95. The molecule has 0 fully saturated rings. The molecule has 3 rings (SSSR count). The van der Waals surface area contributed by atoms with Gasteiger partial charge in [0.1, 0.15) is 12.2 Å². The maximum absolute atomic E-state index is 5.88. The topological polar surface area (TPSA) is 107 Å². The van der Waals surface area contributed by atoms with Crippen molar-refractivity contribution in [3.63, 3.8) is 0 Å². The van der Waals surface area contributed by atoms with Crippen LogP contribution in [0.3, 0.4) is 0 Å². The number of hydrogen-bond acceptors (Lipinski definition) is 8. The lowest BCUT2D eigenvalue weighted by Gasteiger charge is -2.07. The Kier molecular flexibility index (Phi) is 5.46. The van der Waals surface area contributed by atoms with Gasteiger partial charge in [0, 0.05) is 17.3 Å². The molecule has 0 saturated carbocycles. The molecule has 0 aliphatic carbocycles. The van der Waals surface area contributed by atoms with Crippen molar-refractivity contribution in [1.29, 1.82) is 0 Å². The van der Waals surface area contributed by atoms with Gasteiger partial charge in [-0.05, 0) is 24.3 Å². The van der Waals surface area contributed by atoms with Crippen molar-refractivity contribution in [1.82, 2.24) is 29.7 Å². The zero-order valence-corrected chi connectivity index (χ0v) is 14.7. The Morgan fingerprint density at radius 2 is 2.04 bits per heavy atom. The van der Waals surface area contributed by atoms with Crippen LogP contribution in [-0.4, -0.2) is 29.7 Å². The molecule has 0 aliphatic rings. The van der Waals surface area contributed by atoms with E-state index in [9.17, 15) is 0 Å². The average molecular weight is 375 g/mol. The van der Waals surface area contributed by atoms with E-state index in [1.165, 1.54) is 11.8 Å². The van der Waals surface area contributed by atoms with Gasteiger partial charge in [-0.2, -0.15) is 15.0 Å². The van der Waals surface area contributed by atoms with Crippen LogP contribution < -0.4 is 11.1 Å². The number of nitrogens with one attached hydrogen (secondary N) is 1. The summed E-state index contributed by atoms with van der Waals surface area (Å²) >= 11 is 7.34. The molecule has 0 radical (unpaired) electrons. The van der Waals surface area contributed by atoms with Crippen LogP contribution >= 0.6 is 23.4 Å². The van der Waals surface area contributed by atoms with Crippen LogP contribution in [0.2, 0.25) is 5.02 Å². The fraction of sp³-hybridized carbons (Fsp3) is 0.133. The molecule has 0 bridgehead atoms. The number of halogens is 1. The third-order valence-electron chi connectivity index (χ3n) is 3.04. The van der Waals surface area contributed by atoms with Crippen molar-refractivity contribution in [2.45, 2.75) is 17.5 Å². The van der Waals surface area contributed by atoms with E-state index < -0.39 is 0 Å². The number of aromatic nitrogens is 6. The zero-order valence-electron chi connectivity index (χ0n) is 13.1. The molecule has 0 aliphatic heterocycles. The molecule has 1 aromatic carbocycles. The SMILES string of the molecule is C=CCn1cnnc1SCc1nc(N)nc(Nc2ccc(Cl)cc2)n1. The Labute approximate surface area is 153 Å². The van der Waals surface area contributed by atoms with Crippen molar-refractivity contribution in [2.24, 2.45) is 0 Å². The number of benzene rings is 1. The van der Waals surface area contributed by atoms with E-state index in [1.54, 1.807) is 24.5 Å². The van der Waals surface area contributed by atoms with Gasteiger partial charge in [0.15, 0.2) is 5.16 Å². The molecule has 0 unspecified atom stereocenters. The number of rotatable bonds is 7. The average Bonchev–Trinajstić information content (AvgIpc) is 3.02. The molecule has 25 heavy (non-hydrogen) atoms. The highest BCUT2D eigenvalue weighted by atomic mass is 35.5. The molecule has 10 heteroatoms. The van der Waals surface area contributed by atoms with E-state index >= 15 is 0 Å². The monoisotopic (exact) mass is 374 g/mol. The molecule has 2 aromatic heterocycles. The fourth-order valence-electron chi connectivity index (χ4n) is 1.97. The lowest BCUT2D eigenvalue weighted by Crippen LogP contribution is -2.07. The second-order valence-corrected chi connectivity index (χ2v) is 6.29. The summed E-state index contributed by atoms with van der Waals surface area (Å²) in [5, 5.41) is 12.5. The van der Waals surface area contributed by atoms with Gasteiger partial charge in [-0.15, -0.1) is 16.8 Å². The first-order valence-corrected chi connectivity index (χ1v) is 8.65. The zero-order chi connectivity index (χ0) is 17.6. The van der Waals surface area contributed by atoms with Crippen LogP contribution in [-0.2, 0) is 12.3 Å². The highest BCUT2D eigenvalue weighted by molar-refractivity contribution is 7.98. The number of nitrogens with two attached hydrogens (primary N) is 1. The largest absolute Gasteiger partial charge is 0.368 e. The molecular weight excluding hydrogens is 360 g/mol. The van der Waals surface area contributed by atoms with Gasteiger partial charge in [0.2, 0.25) is 11.9 Å². The predicted molar refractivity (Wildman–Crippen MR) is 98.8 cm³/mol. The van der Waals surface area contributed by atoms with Crippen LogP contribution in [0, 0.1) is 0 Å². The van der Waals surface area contributed by atoms with E-state index in [4.69, 9.17) is 17.3 Å². The van der Waals surface area contributed by atoms with Crippen LogP contribution in [0.15, 0.2) is 48.4 Å². The minimum atomic E-state index is 0.148. The maximum Gasteiger partial charge on any atom is 0.232 e. The summed E-state index contributed by atoms with van der Waals surface area (Å²) in [5.74, 6) is 1.55. The lowest BCUT2D eigenvalue weighted by atomic mass is 10.3. The van der Waals surface area contributed by atoms with Gasteiger partial charge in [0.25, 0.3) is 0 Å². The Morgan fingerprint density at radius 1 is 1.24 bits per heavy atom. The Balaban J connectivity index is 1.71. The number of nitrogen functional groups attached to an aromatic ring is 1. The van der Waals surface area contributed by atoms with Gasteiger partial charge in [-0.25, -0.2) is 0 Å². The van der Waals surface area contributed by atoms with Gasteiger partial charge in [-0.3, -0.25) is 0 Å². The molecule has 0 saturated heterocycles. The molecule has 8 nitrogen and oxygen atoms in total. The van der Waals surface area contributed by atoms with E-state index in [1.807, 2.05) is 16.7 Å². The number of hydrogen-bond donors (Lipinski definition) is 2. The summed E-state index contributed by atoms with van der Waals surface area (Å²) in [6.45, 7) is 4.35. The molecule has 0 atom stereocenters. The first-order chi connectivity index (χ1) is 12.1. The fourth-order valence-corrected chi connectivity index (χ4v) is 2.88. The molecule has 3 aromatic rings. The van der Waals surface area contributed by atoms with Gasteiger partial charge in [-0.1, -0.05) is 29.4 Å². The first kappa shape index (κ1) is 17.2. The number of thioether (sulfide) groups is 1. The van der Waals surface area contributed by atoms with Crippen molar-refractivity contribution in [3.8, 4) is 0 Å². The van der Waals surface area contributed by atoms with Crippen molar-refractivity contribution >= 4 is 40.9 Å². The van der Waals surface area contributed by atoms with Crippen molar-refractivity contribution in [2.75, 3.05) is 11.1 Å². The summed E-state index contributed by atoms with van der Waals surface area (Å²) in [6.07, 6.45) is 3.43. The number of nitrogens with zero attached hydrogens (tertiary/aromatic N) is 6. The minimum absolute atomic E-state index is 0.148. The summed E-state index contributed by atoms with van der Waals surface area (Å²) in [7, 11) is 0. The third kappa shape index (κ3) is 4.68. The Bertz CT molecular complexity index is 864. The Hall–Kier alpha value is -2.65. The quantitative estimate of drug-likeness (QED) is 0.480. The third-order valence-corrected chi connectivity index (χ3v) is 4.26.